The van der Waals surface area contributed by atoms with Crippen molar-refractivity contribution < 1.29 is 9.72 Å². The van der Waals surface area contributed by atoms with Crippen LogP contribution in [0, 0.1) is 10.1 Å². The van der Waals surface area contributed by atoms with Gasteiger partial charge in [-0.3, -0.25) is 19.8 Å². The Kier molecular flexibility index (Phi) is 4.73. The minimum atomic E-state index is -0.460. The highest BCUT2D eigenvalue weighted by Crippen LogP contribution is 2.33. The molecule has 1 heterocycles. The lowest BCUT2D eigenvalue weighted by Crippen LogP contribution is -2.27. The molecule has 2 aromatic carbocycles. The minimum Gasteiger partial charge on any atom is -0.288 e. The Labute approximate surface area is 148 Å². The number of carbonyl (C=O) groups excluding carboxylic acids is 1. The van der Waals surface area contributed by atoms with Crippen molar-refractivity contribution in [2.24, 2.45) is 0 Å². The second kappa shape index (κ2) is 6.94. The van der Waals surface area contributed by atoms with E-state index in [-0.39, 0.29) is 11.6 Å². The van der Waals surface area contributed by atoms with Gasteiger partial charge in [0.15, 0.2) is 0 Å². The number of thioether (sulfide) groups is 1. The molecule has 0 spiro atoms. The van der Waals surface area contributed by atoms with Crippen molar-refractivity contribution >= 4 is 46.0 Å². The number of rotatable bonds is 4. The molecule has 0 N–H and O–H groups in total. The number of carbonyl (C=O) groups is 1. The monoisotopic (exact) mass is 356 g/mol. The van der Waals surface area contributed by atoms with E-state index < -0.39 is 4.92 Å². The Hall–Kier alpha value is -2.51. The van der Waals surface area contributed by atoms with E-state index in [0.717, 1.165) is 5.56 Å². The molecule has 0 aromatic heterocycles. The van der Waals surface area contributed by atoms with Crippen LogP contribution in [0.4, 0.5) is 5.69 Å². The van der Waals surface area contributed by atoms with Gasteiger partial charge in [0.1, 0.15) is 4.32 Å². The summed E-state index contributed by atoms with van der Waals surface area (Å²) in [7, 11) is 0. The van der Waals surface area contributed by atoms with Crippen molar-refractivity contribution in [2.45, 2.75) is 6.54 Å². The van der Waals surface area contributed by atoms with Gasteiger partial charge in [-0.2, -0.15) is 0 Å². The first kappa shape index (κ1) is 16.4. The quantitative estimate of drug-likeness (QED) is 0.359. The number of non-ortho nitro benzene ring substituents is 1. The van der Waals surface area contributed by atoms with E-state index in [1.807, 2.05) is 30.3 Å². The van der Waals surface area contributed by atoms with Gasteiger partial charge in [-0.25, -0.2) is 0 Å². The highest BCUT2D eigenvalue weighted by Gasteiger charge is 2.31. The van der Waals surface area contributed by atoms with E-state index in [1.165, 1.54) is 23.9 Å². The average Bonchev–Trinajstić information content (AvgIpc) is 2.83. The molecule has 2 aromatic rings. The molecule has 1 saturated heterocycles. The number of hydrogen-bond donors (Lipinski definition) is 0. The zero-order valence-corrected chi connectivity index (χ0v) is 14.0. The molecule has 0 aliphatic carbocycles. The summed E-state index contributed by atoms with van der Waals surface area (Å²) < 4.78 is 0.487. The molecule has 1 amide bonds. The summed E-state index contributed by atoms with van der Waals surface area (Å²) in [6, 6.07) is 15.8. The van der Waals surface area contributed by atoms with Crippen LogP contribution in [0.15, 0.2) is 59.5 Å². The van der Waals surface area contributed by atoms with Crippen LogP contribution in [0.5, 0.6) is 0 Å². The molecule has 5 nitrogen and oxygen atoms in total. The van der Waals surface area contributed by atoms with E-state index in [2.05, 4.69) is 0 Å². The zero-order chi connectivity index (χ0) is 17.1. The molecule has 0 unspecified atom stereocenters. The number of amides is 1. The summed E-state index contributed by atoms with van der Waals surface area (Å²) in [5.41, 5.74) is 1.58. The van der Waals surface area contributed by atoms with Crippen LogP contribution >= 0.6 is 24.0 Å². The van der Waals surface area contributed by atoms with Crippen molar-refractivity contribution in [3.63, 3.8) is 0 Å². The Bertz CT molecular complexity index is 850. The van der Waals surface area contributed by atoms with Crippen LogP contribution in [-0.4, -0.2) is 20.1 Å². The molecule has 1 aliphatic rings. The maximum absolute atomic E-state index is 12.6. The summed E-state index contributed by atoms with van der Waals surface area (Å²) in [6.45, 7) is 0.414. The predicted octanol–water partition coefficient (Wildman–Crippen LogP) is 4.00. The Morgan fingerprint density at radius 3 is 2.62 bits per heavy atom. The molecule has 3 rings (SSSR count). The van der Waals surface area contributed by atoms with Gasteiger partial charge >= 0.3 is 0 Å². The molecule has 120 valence electrons. The molecule has 0 saturated carbocycles. The maximum atomic E-state index is 12.6. The minimum absolute atomic E-state index is 0.0106. The van der Waals surface area contributed by atoms with Gasteiger partial charge in [-0.15, -0.1) is 0 Å². The third-order valence-electron chi connectivity index (χ3n) is 3.44. The third-order valence-corrected chi connectivity index (χ3v) is 4.81. The Morgan fingerprint density at radius 1 is 1.17 bits per heavy atom. The second-order valence-corrected chi connectivity index (χ2v) is 6.78. The van der Waals surface area contributed by atoms with Crippen molar-refractivity contribution in [1.29, 1.82) is 0 Å². The molecule has 0 atom stereocenters. The number of thiocarbonyl (C=S) groups is 1. The van der Waals surface area contributed by atoms with Crippen molar-refractivity contribution in [3.8, 4) is 0 Å². The molecular weight excluding hydrogens is 344 g/mol. The number of nitro benzene ring substituents is 1. The first-order valence-electron chi connectivity index (χ1n) is 7.08. The van der Waals surface area contributed by atoms with Gasteiger partial charge in [0.25, 0.3) is 11.6 Å². The Morgan fingerprint density at radius 2 is 1.92 bits per heavy atom. The smallest absolute Gasteiger partial charge is 0.270 e. The first-order chi connectivity index (χ1) is 11.5. The summed E-state index contributed by atoms with van der Waals surface area (Å²) in [5.74, 6) is -0.180. The highest BCUT2D eigenvalue weighted by molar-refractivity contribution is 8.26. The van der Waals surface area contributed by atoms with Crippen molar-refractivity contribution in [3.05, 3.63) is 80.7 Å². The fraction of sp³-hybridized carbons (Fsp3) is 0.0588. The van der Waals surface area contributed by atoms with Crippen LogP contribution in [0.25, 0.3) is 6.08 Å². The lowest BCUT2D eigenvalue weighted by molar-refractivity contribution is -0.384. The molecule has 1 fully saturated rings. The first-order valence-corrected chi connectivity index (χ1v) is 8.31. The summed E-state index contributed by atoms with van der Waals surface area (Å²) in [5, 5.41) is 10.8. The normalized spacial score (nSPS) is 16.0. The van der Waals surface area contributed by atoms with Crippen molar-refractivity contribution in [1.82, 2.24) is 4.90 Å². The summed E-state index contributed by atoms with van der Waals surface area (Å²) in [6.07, 6.45) is 1.64. The summed E-state index contributed by atoms with van der Waals surface area (Å²) in [4.78, 5) is 25.0. The number of hydrogen-bond acceptors (Lipinski definition) is 5. The lowest BCUT2D eigenvalue weighted by Gasteiger charge is -2.14. The van der Waals surface area contributed by atoms with E-state index >= 15 is 0 Å². The summed E-state index contributed by atoms with van der Waals surface area (Å²) >= 11 is 6.51. The maximum Gasteiger partial charge on any atom is 0.270 e. The molecule has 1 aliphatic heterocycles. The zero-order valence-electron chi connectivity index (χ0n) is 12.4. The largest absolute Gasteiger partial charge is 0.288 e. The molecular formula is C17H12N2O3S2. The average molecular weight is 356 g/mol. The van der Waals surface area contributed by atoms with Crippen LogP contribution in [0.2, 0.25) is 0 Å². The fourth-order valence-corrected chi connectivity index (χ4v) is 3.54. The van der Waals surface area contributed by atoms with Crippen LogP contribution in [0.3, 0.4) is 0 Å². The third kappa shape index (κ3) is 3.52. The van der Waals surface area contributed by atoms with E-state index in [9.17, 15) is 14.9 Å². The van der Waals surface area contributed by atoms with Gasteiger partial charge in [0.05, 0.1) is 16.4 Å². The van der Waals surface area contributed by atoms with Crippen LogP contribution in [-0.2, 0) is 11.3 Å². The number of nitro groups is 1. The lowest BCUT2D eigenvalue weighted by atomic mass is 10.2. The predicted molar refractivity (Wildman–Crippen MR) is 98.3 cm³/mol. The second-order valence-electron chi connectivity index (χ2n) is 5.11. The van der Waals surface area contributed by atoms with Crippen LogP contribution in [0.1, 0.15) is 11.1 Å². The fourth-order valence-electron chi connectivity index (χ4n) is 2.28. The van der Waals surface area contributed by atoms with Crippen LogP contribution < -0.4 is 0 Å². The molecule has 0 bridgehead atoms. The van der Waals surface area contributed by atoms with Gasteiger partial charge < -0.3 is 0 Å². The van der Waals surface area contributed by atoms with Gasteiger partial charge in [-0.05, 0) is 17.2 Å². The van der Waals surface area contributed by atoms with Crippen molar-refractivity contribution in [2.75, 3.05) is 0 Å². The Balaban J connectivity index is 1.83. The number of benzene rings is 2. The number of nitrogens with zero attached hydrogens (tertiary/aromatic N) is 2. The van der Waals surface area contributed by atoms with Gasteiger partial charge in [0.2, 0.25) is 0 Å². The van der Waals surface area contributed by atoms with E-state index in [1.54, 1.807) is 23.1 Å². The highest BCUT2D eigenvalue weighted by atomic mass is 32.2. The SMILES string of the molecule is O=C1C(=Cc2cccc([N+](=O)[O-])c2)SC(=S)N1Cc1ccccc1. The molecule has 0 radical (unpaired) electrons. The van der Waals surface area contributed by atoms with E-state index in [4.69, 9.17) is 12.2 Å². The topological polar surface area (TPSA) is 63.4 Å². The standard InChI is InChI=1S/C17H12N2O3S2/c20-16-15(10-13-7-4-8-14(9-13)19(21)22)24-17(23)18(16)11-12-5-2-1-3-6-12/h1-10H,11H2. The molecule has 7 heteroatoms. The van der Waals surface area contributed by atoms with Gasteiger partial charge in [0, 0.05) is 12.1 Å². The van der Waals surface area contributed by atoms with E-state index in [0.29, 0.717) is 21.3 Å². The van der Waals surface area contributed by atoms with Gasteiger partial charge in [-0.1, -0.05) is 66.4 Å². The molecule has 24 heavy (non-hydrogen) atoms.